The molecule has 0 saturated heterocycles. The fourth-order valence-electron chi connectivity index (χ4n) is 1.14. The van der Waals surface area contributed by atoms with Gasteiger partial charge < -0.3 is 4.74 Å². The normalized spacial score (nSPS) is 10.4. The highest BCUT2D eigenvalue weighted by atomic mass is 79.9. The predicted octanol–water partition coefficient (Wildman–Crippen LogP) is 5.71. The Morgan fingerprint density at radius 1 is 1.12 bits per heavy atom. The number of pyridine rings is 1. The molecule has 0 amide bonds. The van der Waals surface area contributed by atoms with Crippen LogP contribution in [0.15, 0.2) is 39.4 Å². The van der Waals surface area contributed by atoms with Gasteiger partial charge in [-0.15, -0.1) is 0 Å². The summed E-state index contributed by atoms with van der Waals surface area (Å²) in [4.78, 5) is 4.07. The monoisotopic (exact) mass is 395 g/mol. The molecule has 2 rings (SSSR count). The second kappa shape index (κ2) is 5.57. The summed E-state index contributed by atoms with van der Waals surface area (Å²) in [6.45, 7) is 0. The van der Waals surface area contributed by atoms with Gasteiger partial charge in [-0.2, -0.15) is 0 Å². The lowest BCUT2D eigenvalue weighted by atomic mass is 10.3. The molecule has 0 saturated carbocycles. The lowest BCUT2D eigenvalue weighted by Gasteiger charge is -2.08. The number of halogens is 4. The zero-order valence-electron chi connectivity index (χ0n) is 8.25. The van der Waals surface area contributed by atoms with E-state index >= 15 is 0 Å². The van der Waals surface area contributed by atoms with Crippen LogP contribution in [0.1, 0.15) is 0 Å². The van der Waals surface area contributed by atoms with Crippen LogP contribution in [0.3, 0.4) is 0 Å². The van der Waals surface area contributed by atoms with Crippen molar-refractivity contribution in [3.05, 3.63) is 49.5 Å². The first kappa shape index (κ1) is 13.1. The van der Waals surface area contributed by atoms with Gasteiger partial charge >= 0.3 is 0 Å². The van der Waals surface area contributed by atoms with Gasteiger partial charge in [0.25, 0.3) is 0 Å². The SMILES string of the molecule is Clc1cnc(Oc2cc(Br)ccc2Cl)c(Br)c1. The third kappa shape index (κ3) is 3.35. The molecule has 0 spiro atoms. The van der Waals surface area contributed by atoms with Crippen LogP contribution in [-0.2, 0) is 0 Å². The number of aromatic nitrogens is 1. The van der Waals surface area contributed by atoms with E-state index in [9.17, 15) is 0 Å². The highest BCUT2D eigenvalue weighted by Gasteiger charge is 2.08. The highest BCUT2D eigenvalue weighted by molar-refractivity contribution is 9.10. The molecule has 0 aliphatic carbocycles. The summed E-state index contributed by atoms with van der Waals surface area (Å²) in [6, 6.07) is 7.05. The summed E-state index contributed by atoms with van der Waals surface area (Å²) in [5, 5.41) is 1.04. The summed E-state index contributed by atoms with van der Waals surface area (Å²) < 4.78 is 7.14. The minimum atomic E-state index is 0.411. The van der Waals surface area contributed by atoms with Crippen molar-refractivity contribution in [3.8, 4) is 11.6 Å². The quantitative estimate of drug-likeness (QED) is 0.647. The largest absolute Gasteiger partial charge is 0.436 e. The molecule has 1 heterocycles. The van der Waals surface area contributed by atoms with Gasteiger partial charge in [-0.05, 0) is 40.2 Å². The van der Waals surface area contributed by atoms with Crippen molar-refractivity contribution in [1.82, 2.24) is 4.98 Å². The smallest absolute Gasteiger partial charge is 0.233 e. The standard InChI is InChI=1S/C11H5Br2Cl2NO/c12-6-1-2-9(15)10(3-6)17-11-8(13)4-7(14)5-16-11/h1-5H. The van der Waals surface area contributed by atoms with Crippen LogP contribution in [-0.4, -0.2) is 4.98 Å². The van der Waals surface area contributed by atoms with Crippen LogP contribution in [0.4, 0.5) is 0 Å². The second-order valence-corrected chi connectivity index (χ2v) is 5.73. The molecule has 0 N–H and O–H groups in total. The molecule has 17 heavy (non-hydrogen) atoms. The van der Waals surface area contributed by atoms with Gasteiger partial charge in [-0.3, -0.25) is 0 Å². The maximum absolute atomic E-state index is 6.01. The number of rotatable bonds is 2. The molecule has 0 radical (unpaired) electrons. The Bertz CT molecular complexity index is 563. The summed E-state index contributed by atoms with van der Waals surface area (Å²) in [5.41, 5.74) is 0. The van der Waals surface area contributed by atoms with E-state index in [-0.39, 0.29) is 0 Å². The van der Waals surface area contributed by atoms with E-state index in [1.165, 1.54) is 6.20 Å². The lowest BCUT2D eigenvalue weighted by Crippen LogP contribution is -1.90. The van der Waals surface area contributed by atoms with E-state index in [4.69, 9.17) is 27.9 Å². The van der Waals surface area contributed by atoms with Crippen LogP contribution < -0.4 is 4.74 Å². The number of hydrogen-bond acceptors (Lipinski definition) is 2. The van der Waals surface area contributed by atoms with Crippen LogP contribution in [0.2, 0.25) is 10.0 Å². The Balaban J connectivity index is 2.34. The highest BCUT2D eigenvalue weighted by Crippen LogP contribution is 2.34. The van der Waals surface area contributed by atoms with Crippen LogP contribution >= 0.6 is 55.1 Å². The van der Waals surface area contributed by atoms with Crippen LogP contribution in [0.25, 0.3) is 0 Å². The molecular formula is C11H5Br2Cl2NO. The molecule has 0 aliphatic rings. The van der Waals surface area contributed by atoms with E-state index in [0.29, 0.717) is 26.1 Å². The Morgan fingerprint density at radius 3 is 2.59 bits per heavy atom. The van der Waals surface area contributed by atoms with Crippen molar-refractivity contribution < 1.29 is 4.74 Å². The number of ether oxygens (including phenoxy) is 1. The molecule has 1 aromatic carbocycles. The van der Waals surface area contributed by atoms with Gasteiger partial charge in [-0.1, -0.05) is 39.1 Å². The van der Waals surface area contributed by atoms with Crippen molar-refractivity contribution >= 4 is 55.1 Å². The molecule has 0 fully saturated rings. The fourth-order valence-corrected chi connectivity index (χ4v) is 2.35. The summed E-state index contributed by atoms with van der Waals surface area (Å²) >= 11 is 18.5. The zero-order chi connectivity index (χ0) is 12.4. The van der Waals surface area contributed by atoms with Crippen molar-refractivity contribution in [2.24, 2.45) is 0 Å². The Labute approximate surface area is 125 Å². The second-order valence-electron chi connectivity index (χ2n) is 3.12. The average Bonchev–Trinajstić information content (AvgIpc) is 2.27. The Morgan fingerprint density at radius 2 is 1.88 bits per heavy atom. The molecule has 6 heteroatoms. The molecular weight excluding hydrogens is 393 g/mol. The van der Waals surface area contributed by atoms with Crippen molar-refractivity contribution in [3.63, 3.8) is 0 Å². The van der Waals surface area contributed by atoms with Gasteiger partial charge in [0.1, 0.15) is 5.75 Å². The number of benzene rings is 1. The van der Waals surface area contributed by atoms with E-state index < -0.39 is 0 Å². The topological polar surface area (TPSA) is 22.1 Å². The summed E-state index contributed by atoms with van der Waals surface area (Å²) in [5.74, 6) is 0.936. The minimum Gasteiger partial charge on any atom is -0.436 e. The van der Waals surface area contributed by atoms with E-state index in [2.05, 4.69) is 36.8 Å². The zero-order valence-corrected chi connectivity index (χ0v) is 12.9. The fraction of sp³-hybridized carbons (Fsp3) is 0. The Hall–Kier alpha value is -0.290. The molecule has 0 atom stereocenters. The molecule has 1 aromatic heterocycles. The molecule has 2 nitrogen and oxygen atoms in total. The van der Waals surface area contributed by atoms with Crippen molar-refractivity contribution in [2.45, 2.75) is 0 Å². The first-order chi connectivity index (χ1) is 8.06. The van der Waals surface area contributed by atoms with Gasteiger partial charge in [0.2, 0.25) is 5.88 Å². The molecule has 0 aliphatic heterocycles. The van der Waals surface area contributed by atoms with Crippen molar-refractivity contribution in [2.75, 3.05) is 0 Å². The van der Waals surface area contributed by atoms with E-state index in [0.717, 1.165) is 4.47 Å². The third-order valence-corrected chi connectivity index (χ3v) is 3.45. The van der Waals surface area contributed by atoms with Crippen molar-refractivity contribution in [1.29, 1.82) is 0 Å². The maximum atomic E-state index is 6.01. The predicted molar refractivity (Wildman–Crippen MR) is 76.2 cm³/mol. The van der Waals surface area contributed by atoms with Gasteiger partial charge in [0.05, 0.1) is 14.5 Å². The average molecular weight is 398 g/mol. The van der Waals surface area contributed by atoms with Gasteiger partial charge in [0, 0.05) is 10.7 Å². The number of nitrogens with zero attached hydrogens (tertiary/aromatic N) is 1. The molecule has 0 bridgehead atoms. The van der Waals surface area contributed by atoms with Gasteiger partial charge in [-0.25, -0.2) is 4.98 Å². The van der Waals surface area contributed by atoms with Gasteiger partial charge in [0.15, 0.2) is 0 Å². The minimum absolute atomic E-state index is 0.411. The van der Waals surface area contributed by atoms with E-state index in [1.54, 1.807) is 18.2 Å². The first-order valence-corrected chi connectivity index (χ1v) is 6.84. The molecule has 88 valence electrons. The van der Waals surface area contributed by atoms with Crippen LogP contribution in [0, 0.1) is 0 Å². The summed E-state index contributed by atoms with van der Waals surface area (Å²) in [7, 11) is 0. The van der Waals surface area contributed by atoms with E-state index in [1.807, 2.05) is 6.07 Å². The number of hydrogen-bond donors (Lipinski definition) is 0. The third-order valence-electron chi connectivity index (χ3n) is 1.87. The summed E-state index contributed by atoms with van der Waals surface area (Å²) in [6.07, 6.45) is 1.51. The Kier molecular flexibility index (Phi) is 4.31. The molecule has 2 aromatic rings. The van der Waals surface area contributed by atoms with Crippen LogP contribution in [0.5, 0.6) is 11.6 Å². The maximum Gasteiger partial charge on any atom is 0.233 e. The molecule has 0 unspecified atom stereocenters. The first-order valence-electron chi connectivity index (χ1n) is 4.50. The lowest BCUT2D eigenvalue weighted by molar-refractivity contribution is 0.459.